The average molecular weight is 298 g/mol. The van der Waals surface area contributed by atoms with Crippen molar-refractivity contribution in [2.45, 2.75) is 50.3 Å². The van der Waals surface area contributed by atoms with Gasteiger partial charge in [0.05, 0.1) is 6.61 Å². The number of aromatic nitrogens is 1. The fraction of sp³-hybridized carbons (Fsp3) is 0.643. The molecule has 5 nitrogen and oxygen atoms in total. The highest BCUT2D eigenvalue weighted by Gasteiger charge is 2.31. The minimum atomic E-state index is -3.55. The first-order valence-corrected chi connectivity index (χ1v) is 8.43. The van der Waals surface area contributed by atoms with Gasteiger partial charge in [-0.25, -0.2) is 13.4 Å². The second-order valence-electron chi connectivity index (χ2n) is 5.61. The number of sulfonamides is 1. The SMILES string of the molecule is CC1CCCC(N(C)S(=O)(=O)c2ccc(CO)cn2)C1. The Morgan fingerprint density at radius 1 is 1.40 bits per heavy atom. The van der Waals surface area contributed by atoms with Crippen LogP contribution < -0.4 is 0 Å². The lowest BCUT2D eigenvalue weighted by molar-refractivity contribution is 0.238. The van der Waals surface area contributed by atoms with Gasteiger partial charge in [-0.15, -0.1) is 0 Å². The molecule has 1 aliphatic rings. The topological polar surface area (TPSA) is 70.5 Å². The van der Waals surface area contributed by atoms with Crippen LogP contribution in [0.1, 0.15) is 38.2 Å². The number of rotatable bonds is 4. The Hall–Kier alpha value is -0.980. The zero-order valence-corrected chi connectivity index (χ0v) is 12.8. The zero-order chi connectivity index (χ0) is 14.8. The normalized spacial score (nSPS) is 24.0. The minimum Gasteiger partial charge on any atom is -0.392 e. The molecule has 1 saturated carbocycles. The van der Waals surface area contributed by atoms with Crippen LogP contribution in [-0.2, 0) is 16.6 Å². The van der Waals surface area contributed by atoms with Crippen LogP contribution in [0.5, 0.6) is 0 Å². The Bertz CT molecular complexity index is 542. The van der Waals surface area contributed by atoms with Crippen molar-refractivity contribution in [1.82, 2.24) is 9.29 Å². The van der Waals surface area contributed by atoms with Crippen LogP contribution in [0.4, 0.5) is 0 Å². The predicted octanol–water partition coefficient (Wildman–Crippen LogP) is 1.77. The van der Waals surface area contributed by atoms with E-state index in [-0.39, 0.29) is 17.7 Å². The van der Waals surface area contributed by atoms with Crippen LogP contribution >= 0.6 is 0 Å². The largest absolute Gasteiger partial charge is 0.392 e. The van der Waals surface area contributed by atoms with Crippen LogP contribution in [-0.4, -0.2) is 35.9 Å². The molecule has 0 bridgehead atoms. The highest BCUT2D eigenvalue weighted by atomic mass is 32.2. The summed E-state index contributed by atoms with van der Waals surface area (Å²) in [4.78, 5) is 3.97. The lowest BCUT2D eigenvalue weighted by atomic mass is 9.87. The Balaban J connectivity index is 2.19. The van der Waals surface area contributed by atoms with Gasteiger partial charge >= 0.3 is 0 Å². The van der Waals surface area contributed by atoms with Crippen LogP contribution in [0, 0.1) is 5.92 Å². The van der Waals surface area contributed by atoms with Gasteiger partial charge in [-0.05, 0) is 30.4 Å². The van der Waals surface area contributed by atoms with Gasteiger partial charge in [-0.2, -0.15) is 4.31 Å². The molecule has 2 rings (SSSR count). The van der Waals surface area contributed by atoms with Crippen molar-refractivity contribution in [3.05, 3.63) is 23.9 Å². The summed E-state index contributed by atoms with van der Waals surface area (Å²) < 4.78 is 26.5. The van der Waals surface area contributed by atoms with E-state index in [9.17, 15) is 8.42 Å². The highest BCUT2D eigenvalue weighted by molar-refractivity contribution is 7.89. The van der Waals surface area contributed by atoms with E-state index < -0.39 is 10.0 Å². The van der Waals surface area contributed by atoms with Gasteiger partial charge in [0.2, 0.25) is 0 Å². The molecule has 1 aromatic heterocycles. The van der Waals surface area contributed by atoms with Gasteiger partial charge in [0, 0.05) is 19.3 Å². The van der Waals surface area contributed by atoms with Crippen molar-refractivity contribution < 1.29 is 13.5 Å². The molecule has 20 heavy (non-hydrogen) atoms. The molecule has 1 N–H and O–H groups in total. The minimum absolute atomic E-state index is 0.0513. The third kappa shape index (κ3) is 3.19. The second-order valence-corrected chi connectivity index (χ2v) is 7.55. The Labute approximate surface area is 120 Å². The number of aliphatic hydroxyl groups is 1. The maximum absolute atomic E-state index is 12.5. The molecule has 2 atom stereocenters. The third-order valence-electron chi connectivity index (χ3n) is 4.05. The Morgan fingerprint density at radius 3 is 2.70 bits per heavy atom. The van der Waals surface area contributed by atoms with Crippen molar-refractivity contribution in [3.63, 3.8) is 0 Å². The lowest BCUT2D eigenvalue weighted by Gasteiger charge is -2.33. The maximum atomic E-state index is 12.5. The monoisotopic (exact) mass is 298 g/mol. The number of hydrogen-bond donors (Lipinski definition) is 1. The summed E-state index contributed by atoms with van der Waals surface area (Å²) >= 11 is 0. The van der Waals surface area contributed by atoms with Crippen LogP contribution in [0.25, 0.3) is 0 Å². The summed E-state index contributed by atoms with van der Waals surface area (Å²) in [5.74, 6) is 0.566. The van der Waals surface area contributed by atoms with E-state index in [4.69, 9.17) is 5.11 Å². The smallest absolute Gasteiger partial charge is 0.260 e. The van der Waals surface area contributed by atoms with E-state index in [1.54, 1.807) is 13.1 Å². The molecule has 0 spiro atoms. The number of nitrogens with zero attached hydrogens (tertiary/aromatic N) is 2. The summed E-state index contributed by atoms with van der Waals surface area (Å²) in [6.45, 7) is 2.03. The molecule has 0 radical (unpaired) electrons. The molecular formula is C14H22N2O3S. The number of pyridine rings is 1. The van der Waals surface area contributed by atoms with E-state index in [0.717, 1.165) is 19.3 Å². The summed E-state index contributed by atoms with van der Waals surface area (Å²) in [5.41, 5.74) is 0.609. The molecule has 0 saturated heterocycles. The summed E-state index contributed by atoms with van der Waals surface area (Å²) in [6.07, 6.45) is 5.47. The van der Waals surface area contributed by atoms with E-state index in [1.807, 2.05) is 0 Å². The van der Waals surface area contributed by atoms with Crippen molar-refractivity contribution in [2.24, 2.45) is 5.92 Å². The van der Waals surface area contributed by atoms with Crippen LogP contribution in [0.15, 0.2) is 23.4 Å². The lowest BCUT2D eigenvalue weighted by Crippen LogP contribution is -2.40. The van der Waals surface area contributed by atoms with E-state index in [1.165, 1.54) is 23.0 Å². The van der Waals surface area contributed by atoms with Crippen molar-refractivity contribution in [2.75, 3.05) is 7.05 Å². The molecule has 0 aromatic carbocycles. The molecule has 112 valence electrons. The zero-order valence-electron chi connectivity index (χ0n) is 12.0. The average Bonchev–Trinajstić information content (AvgIpc) is 2.46. The Kier molecular flexibility index (Phi) is 4.78. The molecule has 0 amide bonds. The molecular weight excluding hydrogens is 276 g/mol. The van der Waals surface area contributed by atoms with E-state index in [2.05, 4.69) is 11.9 Å². The van der Waals surface area contributed by atoms with Crippen molar-refractivity contribution in [1.29, 1.82) is 0 Å². The fourth-order valence-corrected chi connectivity index (χ4v) is 4.04. The molecule has 0 aliphatic heterocycles. The molecule has 1 aromatic rings. The first-order chi connectivity index (χ1) is 9.45. The van der Waals surface area contributed by atoms with Crippen LogP contribution in [0.2, 0.25) is 0 Å². The van der Waals surface area contributed by atoms with Crippen molar-refractivity contribution >= 4 is 10.0 Å². The van der Waals surface area contributed by atoms with Gasteiger partial charge in [0.25, 0.3) is 10.0 Å². The molecule has 6 heteroatoms. The second kappa shape index (κ2) is 6.20. The molecule has 1 heterocycles. The number of aliphatic hydroxyl groups excluding tert-OH is 1. The highest BCUT2D eigenvalue weighted by Crippen LogP contribution is 2.29. The van der Waals surface area contributed by atoms with E-state index >= 15 is 0 Å². The molecule has 1 aliphatic carbocycles. The summed E-state index contributed by atoms with van der Waals surface area (Å²) in [7, 11) is -1.91. The Morgan fingerprint density at radius 2 is 2.15 bits per heavy atom. The van der Waals surface area contributed by atoms with E-state index in [0.29, 0.717) is 11.5 Å². The first kappa shape index (κ1) is 15.4. The first-order valence-electron chi connectivity index (χ1n) is 6.99. The molecule has 1 fully saturated rings. The van der Waals surface area contributed by atoms with Gasteiger partial charge in [-0.1, -0.05) is 25.8 Å². The van der Waals surface area contributed by atoms with Crippen LogP contribution in [0.3, 0.4) is 0 Å². The standard InChI is InChI=1S/C14H22N2O3S/c1-11-4-3-5-13(8-11)16(2)20(18,19)14-7-6-12(10-17)9-15-14/h6-7,9,11,13,17H,3-5,8,10H2,1-2H3. The quantitative estimate of drug-likeness (QED) is 0.919. The summed E-state index contributed by atoms with van der Waals surface area (Å²) in [5, 5.41) is 9.02. The molecule has 2 unspecified atom stereocenters. The van der Waals surface area contributed by atoms with Gasteiger partial charge in [-0.3, -0.25) is 0 Å². The predicted molar refractivity (Wildman–Crippen MR) is 76.5 cm³/mol. The van der Waals surface area contributed by atoms with Gasteiger partial charge < -0.3 is 5.11 Å². The van der Waals surface area contributed by atoms with Crippen molar-refractivity contribution in [3.8, 4) is 0 Å². The summed E-state index contributed by atoms with van der Waals surface area (Å²) in [6, 6.07) is 3.11. The van der Waals surface area contributed by atoms with Gasteiger partial charge in [0.1, 0.15) is 0 Å². The fourth-order valence-electron chi connectivity index (χ4n) is 2.73. The number of hydrogen-bond acceptors (Lipinski definition) is 4. The maximum Gasteiger partial charge on any atom is 0.260 e. The third-order valence-corrected chi connectivity index (χ3v) is 5.87. The van der Waals surface area contributed by atoms with Gasteiger partial charge in [0.15, 0.2) is 5.03 Å².